The lowest BCUT2D eigenvalue weighted by Crippen LogP contribution is -2.52. The molecular weight excluding hydrogens is 290 g/mol. The molecule has 1 unspecified atom stereocenters. The summed E-state index contributed by atoms with van der Waals surface area (Å²) in [5, 5.41) is 11.1. The normalized spacial score (nSPS) is 15.9. The highest BCUT2D eigenvalue weighted by Crippen LogP contribution is 2.27. The molecule has 0 saturated carbocycles. The zero-order chi connectivity index (χ0) is 16.4. The van der Waals surface area contributed by atoms with Crippen LogP contribution in [0.15, 0.2) is 36.7 Å². The third-order valence-corrected chi connectivity index (χ3v) is 4.87. The van der Waals surface area contributed by atoms with Crippen molar-refractivity contribution in [1.29, 1.82) is 0 Å². The van der Waals surface area contributed by atoms with Gasteiger partial charge in [-0.25, -0.2) is 4.79 Å². The molecule has 1 aromatic heterocycles. The molecule has 1 aliphatic heterocycles. The van der Waals surface area contributed by atoms with Crippen LogP contribution in [0.1, 0.15) is 32.2 Å². The maximum Gasteiger partial charge on any atom is 0.318 e. The molecule has 0 fully saturated rings. The van der Waals surface area contributed by atoms with Crippen LogP contribution in [0.2, 0.25) is 0 Å². The van der Waals surface area contributed by atoms with Gasteiger partial charge in [-0.2, -0.15) is 0 Å². The summed E-state index contributed by atoms with van der Waals surface area (Å²) in [6, 6.07) is 10.2. The fourth-order valence-electron chi connectivity index (χ4n) is 2.81. The summed E-state index contributed by atoms with van der Waals surface area (Å²) in [6.45, 7) is 8.28. The van der Waals surface area contributed by atoms with Gasteiger partial charge in [0, 0.05) is 24.5 Å². The third-order valence-electron chi connectivity index (χ3n) is 4.87. The van der Waals surface area contributed by atoms with Gasteiger partial charge in [-0.15, -0.1) is 10.2 Å². The Morgan fingerprint density at radius 1 is 1.26 bits per heavy atom. The summed E-state index contributed by atoms with van der Waals surface area (Å²) in [5.74, 6) is 0.835. The monoisotopic (exact) mass is 313 g/mol. The molecule has 1 aliphatic rings. The van der Waals surface area contributed by atoms with Crippen molar-refractivity contribution in [2.45, 2.75) is 45.3 Å². The van der Waals surface area contributed by atoms with Crippen molar-refractivity contribution in [2.24, 2.45) is 0 Å². The Balaban J connectivity index is 1.66. The van der Waals surface area contributed by atoms with Crippen LogP contribution in [0.4, 0.5) is 4.79 Å². The van der Waals surface area contributed by atoms with E-state index in [4.69, 9.17) is 0 Å². The molecule has 1 atom stereocenters. The molecule has 0 radical (unpaired) electrons. The lowest BCUT2D eigenvalue weighted by molar-refractivity contribution is 0.174. The first-order valence-corrected chi connectivity index (χ1v) is 7.96. The molecular formula is C17H23N5O. The Hall–Kier alpha value is -2.37. The largest absolute Gasteiger partial charge is 0.335 e. The molecule has 0 aliphatic carbocycles. The van der Waals surface area contributed by atoms with Gasteiger partial charge < -0.3 is 14.8 Å². The van der Waals surface area contributed by atoms with Crippen LogP contribution >= 0.6 is 0 Å². The van der Waals surface area contributed by atoms with E-state index >= 15 is 0 Å². The van der Waals surface area contributed by atoms with Crippen molar-refractivity contribution in [3.63, 3.8) is 0 Å². The van der Waals surface area contributed by atoms with E-state index in [1.54, 1.807) is 11.2 Å². The first-order chi connectivity index (χ1) is 11.0. The lowest BCUT2D eigenvalue weighted by Gasteiger charge is -2.35. The highest BCUT2D eigenvalue weighted by Gasteiger charge is 2.31. The van der Waals surface area contributed by atoms with Crippen LogP contribution in [0.25, 0.3) is 0 Å². The van der Waals surface area contributed by atoms with Crippen LogP contribution in [-0.2, 0) is 18.5 Å². The minimum Gasteiger partial charge on any atom is -0.335 e. The first-order valence-electron chi connectivity index (χ1n) is 7.96. The van der Waals surface area contributed by atoms with Crippen LogP contribution < -0.4 is 5.32 Å². The van der Waals surface area contributed by atoms with Gasteiger partial charge in [0.15, 0.2) is 5.82 Å². The van der Waals surface area contributed by atoms with Gasteiger partial charge in [0.25, 0.3) is 0 Å². The molecule has 122 valence electrons. The second-order valence-electron chi connectivity index (χ2n) is 6.62. The molecule has 2 aromatic rings. The number of amides is 2. The van der Waals surface area contributed by atoms with Crippen LogP contribution in [0.3, 0.4) is 0 Å². The first kappa shape index (κ1) is 15.5. The van der Waals surface area contributed by atoms with E-state index in [1.807, 2.05) is 22.8 Å². The molecule has 23 heavy (non-hydrogen) atoms. The number of urea groups is 1. The van der Waals surface area contributed by atoms with Crippen molar-refractivity contribution in [3.05, 3.63) is 48.0 Å². The number of rotatable bonds is 3. The summed E-state index contributed by atoms with van der Waals surface area (Å²) < 4.78 is 1.99. The zero-order valence-electron chi connectivity index (χ0n) is 13.9. The predicted octanol–water partition coefficient (Wildman–Crippen LogP) is 2.17. The summed E-state index contributed by atoms with van der Waals surface area (Å²) in [6.07, 6.45) is 1.71. The second-order valence-corrected chi connectivity index (χ2v) is 6.62. The molecule has 1 aromatic carbocycles. The summed E-state index contributed by atoms with van der Waals surface area (Å²) in [4.78, 5) is 14.4. The summed E-state index contributed by atoms with van der Waals surface area (Å²) >= 11 is 0. The molecule has 6 nitrogen and oxygen atoms in total. The van der Waals surface area contributed by atoms with Gasteiger partial charge in [-0.3, -0.25) is 0 Å². The Bertz CT molecular complexity index is 679. The van der Waals surface area contributed by atoms with Gasteiger partial charge in [0.2, 0.25) is 0 Å². The fourth-order valence-corrected chi connectivity index (χ4v) is 2.81. The van der Waals surface area contributed by atoms with Gasteiger partial charge in [0.05, 0.1) is 6.54 Å². The van der Waals surface area contributed by atoms with Crippen molar-refractivity contribution in [3.8, 4) is 0 Å². The van der Waals surface area contributed by atoms with Gasteiger partial charge in [0.1, 0.15) is 6.33 Å². The van der Waals surface area contributed by atoms with Crippen molar-refractivity contribution >= 4 is 6.03 Å². The van der Waals surface area contributed by atoms with E-state index in [1.165, 1.54) is 5.56 Å². The minimum absolute atomic E-state index is 0.0113. The van der Waals surface area contributed by atoms with E-state index in [-0.39, 0.29) is 17.5 Å². The number of carbonyl (C=O) groups is 1. The Morgan fingerprint density at radius 3 is 2.74 bits per heavy atom. The topological polar surface area (TPSA) is 63.1 Å². The zero-order valence-corrected chi connectivity index (χ0v) is 13.9. The highest BCUT2D eigenvalue weighted by atomic mass is 16.2. The van der Waals surface area contributed by atoms with Gasteiger partial charge in [-0.1, -0.05) is 44.2 Å². The van der Waals surface area contributed by atoms with Crippen LogP contribution in [-0.4, -0.2) is 38.3 Å². The number of hydrogen-bond donors (Lipinski definition) is 1. The smallest absolute Gasteiger partial charge is 0.318 e. The maximum atomic E-state index is 12.6. The highest BCUT2D eigenvalue weighted by molar-refractivity contribution is 5.74. The second kappa shape index (κ2) is 6.02. The number of aromatic nitrogens is 3. The predicted molar refractivity (Wildman–Crippen MR) is 87.9 cm³/mol. The molecule has 0 saturated heterocycles. The summed E-state index contributed by atoms with van der Waals surface area (Å²) in [5.41, 5.74) is 1.07. The van der Waals surface area contributed by atoms with E-state index in [0.29, 0.717) is 13.1 Å². The maximum absolute atomic E-state index is 12.6. The standard InChI is InChI=1S/C17H23N5O/c1-13(17(2,3)14-7-5-4-6-8-14)19-16(23)21-9-10-22-12-18-20-15(22)11-21/h4-8,12-13H,9-11H2,1-3H3,(H,19,23). The average Bonchev–Trinajstić information content (AvgIpc) is 3.03. The number of hydrogen-bond acceptors (Lipinski definition) is 3. The van der Waals surface area contributed by atoms with Crippen molar-refractivity contribution in [2.75, 3.05) is 6.54 Å². The number of nitrogens with one attached hydrogen (secondary N) is 1. The molecule has 6 heteroatoms. The van der Waals surface area contributed by atoms with Gasteiger partial charge in [-0.05, 0) is 12.5 Å². The average molecular weight is 313 g/mol. The van der Waals surface area contributed by atoms with E-state index in [0.717, 1.165) is 12.4 Å². The Morgan fingerprint density at radius 2 is 2.00 bits per heavy atom. The van der Waals surface area contributed by atoms with Crippen LogP contribution in [0, 0.1) is 0 Å². The molecule has 1 N–H and O–H groups in total. The van der Waals surface area contributed by atoms with E-state index < -0.39 is 0 Å². The minimum atomic E-state index is -0.146. The van der Waals surface area contributed by atoms with E-state index in [9.17, 15) is 4.79 Å². The molecule has 0 bridgehead atoms. The molecule has 0 spiro atoms. The summed E-state index contributed by atoms with van der Waals surface area (Å²) in [7, 11) is 0. The lowest BCUT2D eigenvalue weighted by atomic mass is 9.78. The Labute approximate surface area is 136 Å². The number of carbonyl (C=O) groups excluding carboxylic acids is 1. The number of nitrogens with zero attached hydrogens (tertiary/aromatic N) is 4. The number of fused-ring (bicyclic) bond motifs is 1. The van der Waals surface area contributed by atoms with Crippen molar-refractivity contribution < 1.29 is 4.79 Å². The quantitative estimate of drug-likeness (QED) is 0.944. The third kappa shape index (κ3) is 3.06. The number of benzene rings is 1. The molecule has 2 amide bonds. The Kier molecular flexibility index (Phi) is 4.07. The van der Waals surface area contributed by atoms with Gasteiger partial charge >= 0.3 is 6.03 Å². The SMILES string of the molecule is CC(NC(=O)N1CCn2cnnc2C1)C(C)(C)c1ccccc1. The van der Waals surface area contributed by atoms with Crippen molar-refractivity contribution in [1.82, 2.24) is 25.0 Å². The molecule has 2 heterocycles. The fraction of sp³-hybridized carbons (Fsp3) is 0.471. The van der Waals surface area contributed by atoms with E-state index in [2.05, 4.69) is 48.4 Å². The molecule has 3 rings (SSSR count). The van der Waals surface area contributed by atoms with Crippen LogP contribution in [0.5, 0.6) is 0 Å².